The highest BCUT2D eigenvalue weighted by atomic mass is 16.3. The van der Waals surface area contributed by atoms with Crippen LogP contribution in [-0.4, -0.2) is 37.3 Å². The van der Waals surface area contributed by atoms with Crippen LogP contribution in [0, 0.1) is 17.2 Å². The van der Waals surface area contributed by atoms with Crippen LogP contribution < -0.4 is 10.2 Å². The standard InChI is InChI=1S/C26H29N3O3/c1-4-29(5-2)23-9-8-19-12-21(7-6-20(19)13-23)25-11-10-24(32-25)14-22(15-27)26(31)28-16-18(3)17-30/h6-14,18,30H,4-5,16-17H2,1-3H3,(H,28,31)/b22-14+. The molecule has 0 aliphatic heterocycles. The summed E-state index contributed by atoms with van der Waals surface area (Å²) in [6.45, 7) is 8.30. The number of aliphatic hydroxyl groups excluding tert-OH is 1. The molecule has 1 amide bonds. The van der Waals surface area contributed by atoms with Gasteiger partial charge < -0.3 is 19.7 Å². The third-order valence-electron chi connectivity index (χ3n) is 5.44. The lowest BCUT2D eigenvalue weighted by Gasteiger charge is -2.21. The summed E-state index contributed by atoms with van der Waals surface area (Å²) in [6, 6.07) is 18.1. The van der Waals surface area contributed by atoms with E-state index >= 15 is 0 Å². The number of hydrogen-bond donors (Lipinski definition) is 2. The largest absolute Gasteiger partial charge is 0.457 e. The lowest BCUT2D eigenvalue weighted by Crippen LogP contribution is -2.30. The molecular formula is C26H29N3O3. The fraction of sp³-hybridized carbons (Fsp3) is 0.308. The van der Waals surface area contributed by atoms with Gasteiger partial charge in [-0.2, -0.15) is 5.26 Å². The van der Waals surface area contributed by atoms with Crippen LogP contribution in [0.2, 0.25) is 0 Å². The molecule has 0 fully saturated rings. The first-order valence-electron chi connectivity index (χ1n) is 10.9. The minimum absolute atomic E-state index is 0.0318. The number of carbonyl (C=O) groups excluding carboxylic acids is 1. The van der Waals surface area contributed by atoms with Gasteiger partial charge in [0.25, 0.3) is 5.91 Å². The molecule has 0 radical (unpaired) electrons. The van der Waals surface area contributed by atoms with Gasteiger partial charge in [-0.3, -0.25) is 4.79 Å². The molecule has 166 valence electrons. The highest BCUT2D eigenvalue weighted by molar-refractivity contribution is 6.01. The van der Waals surface area contributed by atoms with Gasteiger partial charge >= 0.3 is 0 Å². The van der Waals surface area contributed by atoms with Crippen molar-refractivity contribution in [3.05, 3.63) is 59.9 Å². The van der Waals surface area contributed by atoms with Gasteiger partial charge in [-0.25, -0.2) is 0 Å². The van der Waals surface area contributed by atoms with Crippen LogP contribution >= 0.6 is 0 Å². The third-order valence-corrected chi connectivity index (χ3v) is 5.44. The second kappa shape index (κ2) is 10.7. The maximum atomic E-state index is 12.2. The molecule has 0 bridgehead atoms. The molecule has 2 aromatic carbocycles. The van der Waals surface area contributed by atoms with Gasteiger partial charge in [-0.15, -0.1) is 0 Å². The molecule has 0 aliphatic rings. The molecular weight excluding hydrogens is 402 g/mol. The zero-order valence-corrected chi connectivity index (χ0v) is 18.8. The summed E-state index contributed by atoms with van der Waals surface area (Å²) in [5.41, 5.74) is 2.09. The Morgan fingerprint density at radius 2 is 1.88 bits per heavy atom. The van der Waals surface area contributed by atoms with Crippen LogP contribution in [0.25, 0.3) is 28.2 Å². The molecule has 6 nitrogen and oxygen atoms in total. The summed E-state index contributed by atoms with van der Waals surface area (Å²) in [4.78, 5) is 14.5. The fourth-order valence-corrected chi connectivity index (χ4v) is 3.47. The number of carbonyl (C=O) groups is 1. The molecule has 32 heavy (non-hydrogen) atoms. The highest BCUT2D eigenvalue weighted by Crippen LogP contribution is 2.29. The van der Waals surface area contributed by atoms with Crippen molar-refractivity contribution in [3.8, 4) is 17.4 Å². The quantitative estimate of drug-likeness (QED) is 0.382. The maximum Gasteiger partial charge on any atom is 0.262 e. The van der Waals surface area contributed by atoms with Gasteiger partial charge in [0, 0.05) is 43.6 Å². The summed E-state index contributed by atoms with van der Waals surface area (Å²) in [5, 5.41) is 23.3. The van der Waals surface area contributed by atoms with Gasteiger partial charge in [0.2, 0.25) is 0 Å². The third kappa shape index (κ3) is 5.37. The monoisotopic (exact) mass is 431 g/mol. The number of furan rings is 1. The van der Waals surface area contributed by atoms with Crippen molar-refractivity contribution in [2.24, 2.45) is 5.92 Å². The van der Waals surface area contributed by atoms with Crippen molar-refractivity contribution in [3.63, 3.8) is 0 Å². The maximum absolute atomic E-state index is 12.2. The van der Waals surface area contributed by atoms with Crippen LogP contribution in [0.1, 0.15) is 26.5 Å². The number of nitriles is 1. The van der Waals surface area contributed by atoms with Crippen LogP contribution in [0.5, 0.6) is 0 Å². The number of fused-ring (bicyclic) bond motifs is 1. The molecule has 3 aromatic rings. The van der Waals surface area contributed by atoms with Crippen LogP contribution in [-0.2, 0) is 4.79 Å². The molecule has 1 heterocycles. The average molecular weight is 432 g/mol. The van der Waals surface area contributed by atoms with E-state index in [2.05, 4.69) is 54.4 Å². The van der Waals surface area contributed by atoms with Crippen LogP contribution in [0.3, 0.4) is 0 Å². The van der Waals surface area contributed by atoms with Crippen molar-refractivity contribution in [2.75, 3.05) is 31.1 Å². The summed E-state index contributed by atoms with van der Waals surface area (Å²) in [5.74, 6) is 0.530. The van der Waals surface area contributed by atoms with Crippen LogP contribution in [0.15, 0.2) is 58.5 Å². The van der Waals surface area contributed by atoms with Gasteiger partial charge in [-0.05, 0) is 60.9 Å². The highest BCUT2D eigenvalue weighted by Gasteiger charge is 2.12. The number of aliphatic hydroxyl groups is 1. The van der Waals surface area contributed by atoms with E-state index in [4.69, 9.17) is 9.52 Å². The van der Waals surface area contributed by atoms with Gasteiger partial charge in [0.15, 0.2) is 0 Å². The zero-order chi connectivity index (χ0) is 23.1. The molecule has 6 heteroatoms. The Hall–Kier alpha value is -3.56. The summed E-state index contributed by atoms with van der Waals surface area (Å²) in [7, 11) is 0. The average Bonchev–Trinajstić information content (AvgIpc) is 3.29. The molecule has 1 unspecified atom stereocenters. The van der Waals surface area contributed by atoms with E-state index in [1.165, 1.54) is 11.8 Å². The Morgan fingerprint density at radius 1 is 1.16 bits per heavy atom. The van der Waals surface area contributed by atoms with Crippen LogP contribution in [0.4, 0.5) is 5.69 Å². The van der Waals surface area contributed by atoms with Crippen molar-refractivity contribution in [1.82, 2.24) is 5.32 Å². The van der Waals surface area contributed by atoms with E-state index in [9.17, 15) is 10.1 Å². The molecule has 3 rings (SSSR count). The first kappa shape index (κ1) is 23.1. The van der Waals surface area contributed by atoms with E-state index in [1.807, 2.05) is 25.1 Å². The summed E-state index contributed by atoms with van der Waals surface area (Å²) >= 11 is 0. The minimum atomic E-state index is -0.486. The Balaban J connectivity index is 1.80. The molecule has 0 aliphatic carbocycles. The molecule has 1 atom stereocenters. The van der Waals surface area contributed by atoms with Crippen molar-refractivity contribution in [2.45, 2.75) is 20.8 Å². The predicted octanol–water partition coefficient (Wildman–Crippen LogP) is 4.60. The van der Waals surface area contributed by atoms with Crippen molar-refractivity contribution < 1.29 is 14.3 Å². The predicted molar refractivity (Wildman–Crippen MR) is 128 cm³/mol. The van der Waals surface area contributed by atoms with Crippen molar-refractivity contribution >= 4 is 28.4 Å². The number of benzene rings is 2. The summed E-state index contributed by atoms with van der Waals surface area (Å²) < 4.78 is 5.89. The number of nitrogens with zero attached hydrogens (tertiary/aromatic N) is 2. The van der Waals surface area contributed by atoms with E-state index in [1.54, 1.807) is 6.07 Å². The second-order valence-corrected chi connectivity index (χ2v) is 7.79. The molecule has 0 spiro atoms. The lowest BCUT2D eigenvalue weighted by molar-refractivity contribution is -0.117. The van der Waals surface area contributed by atoms with E-state index in [-0.39, 0.29) is 18.1 Å². The number of anilines is 1. The normalized spacial score (nSPS) is 12.4. The molecule has 0 saturated heterocycles. The smallest absolute Gasteiger partial charge is 0.262 e. The fourth-order valence-electron chi connectivity index (χ4n) is 3.47. The van der Waals surface area contributed by atoms with Crippen molar-refractivity contribution in [1.29, 1.82) is 5.26 Å². The Labute approximate surface area is 188 Å². The first-order chi connectivity index (χ1) is 15.5. The lowest BCUT2D eigenvalue weighted by atomic mass is 10.0. The Morgan fingerprint density at radius 3 is 2.56 bits per heavy atom. The first-order valence-corrected chi connectivity index (χ1v) is 10.9. The van der Waals surface area contributed by atoms with Gasteiger partial charge in [0.1, 0.15) is 23.2 Å². The molecule has 2 N–H and O–H groups in total. The second-order valence-electron chi connectivity index (χ2n) is 7.79. The van der Waals surface area contributed by atoms with E-state index < -0.39 is 5.91 Å². The van der Waals surface area contributed by atoms with E-state index in [0.717, 1.165) is 29.4 Å². The van der Waals surface area contributed by atoms with E-state index in [0.29, 0.717) is 18.1 Å². The minimum Gasteiger partial charge on any atom is -0.457 e. The van der Waals surface area contributed by atoms with Gasteiger partial charge in [-0.1, -0.05) is 25.1 Å². The topological polar surface area (TPSA) is 89.5 Å². The number of hydrogen-bond acceptors (Lipinski definition) is 5. The Kier molecular flexibility index (Phi) is 7.69. The zero-order valence-electron chi connectivity index (χ0n) is 18.8. The summed E-state index contributed by atoms with van der Waals surface area (Å²) in [6.07, 6.45) is 1.43. The number of nitrogens with one attached hydrogen (secondary N) is 1. The molecule has 0 saturated carbocycles. The Bertz CT molecular complexity index is 1150. The molecule has 1 aromatic heterocycles. The number of rotatable bonds is 9. The van der Waals surface area contributed by atoms with Gasteiger partial charge in [0.05, 0.1) is 0 Å². The SMILES string of the molecule is CCN(CC)c1ccc2cc(-c3ccc(/C=C(\C#N)C(=O)NCC(C)CO)o3)ccc2c1. The number of amides is 1.